The van der Waals surface area contributed by atoms with E-state index in [1.165, 1.54) is 18.4 Å². The maximum absolute atomic E-state index is 12.9. The Hall–Kier alpha value is -1.61. The molecule has 7 heteroatoms. The van der Waals surface area contributed by atoms with Crippen LogP contribution in [-0.4, -0.2) is 24.2 Å². The molecule has 5 nitrogen and oxygen atoms in total. The molecule has 0 bridgehead atoms. The fourth-order valence-corrected chi connectivity index (χ4v) is 2.03. The molecule has 0 saturated heterocycles. The number of halogens is 2. The van der Waals surface area contributed by atoms with Crippen molar-refractivity contribution in [2.45, 2.75) is 26.0 Å². The number of nitrogens with zero attached hydrogens (tertiary/aromatic N) is 1. The van der Waals surface area contributed by atoms with Crippen LogP contribution in [-0.2, 0) is 12.1 Å². The van der Waals surface area contributed by atoms with Crippen molar-refractivity contribution in [2.75, 3.05) is 13.1 Å². The van der Waals surface area contributed by atoms with Gasteiger partial charge in [0.1, 0.15) is 17.2 Å². The highest BCUT2D eigenvalue weighted by atomic mass is 127. The molecule has 132 valence electrons. The van der Waals surface area contributed by atoms with E-state index in [-0.39, 0.29) is 36.3 Å². The molecule has 0 aliphatic heterocycles. The Morgan fingerprint density at radius 1 is 1.25 bits per heavy atom. The van der Waals surface area contributed by atoms with Crippen molar-refractivity contribution in [2.24, 2.45) is 4.99 Å². The molecule has 3 N–H and O–H groups in total. The lowest BCUT2D eigenvalue weighted by atomic mass is 10.0. The lowest BCUT2D eigenvalue weighted by Gasteiger charge is -2.22. The first-order chi connectivity index (χ1) is 11.0. The number of aliphatic imine (C=N–C) groups is 1. The number of hydrogen-bond acceptors (Lipinski definition) is 3. The third-order valence-corrected chi connectivity index (χ3v) is 3.33. The van der Waals surface area contributed by atoms with Gasteiger partial charge in [-0.05, 0) is 43.7 Å². The maximum atomic E-state index is 12.9. The summed E-state index contributed by atoms with van der Waals surface area (Å²) in [5.41, 5.74) is -0.239. The lowest BCUT2D eigenvalue weighted by Crippen LogP contribution is -2.44. The van der Waals surface area contributed by atoms with Gasteiger partial charge in [0.2, 0.25) is 0 Å². The molecule has 24 heavy (non-hydrogen) atoms. The Balaban J connectivity index is 0.00000288. The number of furan rings is 1. The molecule has 0 aliphatic carbocycles. The van der Waals surface area contributed by atoms with E-state index in [4.69, 9.17) is 4.42 Å². The number of hydrogen-bond donors (Lipinski definition) is 3. The highest BCUT2D eigenvalue weighted by Gasteiger charge is 2.26. The largest absolute Gasteiger partial charge is 0.466 e. The zero-order valence-electron chi connectivity index (χ0n) is 13.8. The molecule has 0 aliphatic rings. The van der Waals surface area contributed by atoms with Crippen molar-refractivity contribution >= 4 is 29.9 Å². The predicted octanol–water partition coefficient (Wildman–Crippen LogP) is 3.00. The van der Waals surface area contributed by atoms with Gasteiger partial charge in [-0.25, -0.2) is 9.38 Å². The molecule has 2 rings (SSSR count). The van der Waals surface area contributed by atoms with Crippen LogP contribution in [0.2, 0.25) is 0 Å². The normalized spacial score (nSPS) is 13.8. The second-order valence-electron chi connectivity index (χ2n) is 5.43. The van der Waals surface area contributed by atoms with Gasteiger partial charge in [0.05, 0.1) is 19.4 Å². The molecule has 0 fully saturated rings. The van der Waals surface area contributed by atoms with Crippen LogP contribution in [0.15, 0.2) is 52.1 Å². The van der Waals surface area contributed by atoms with Crippen molar-refractivity contribution < 1.29 is 13.9 Å². The van der Waals surface area contributed by atoms with Crippen LogP contribution >= 0.6 is 24.0 Å². The van der Waals surface area contributed by atoms with Crippen LogP contribution in [0.3, 0.4) is 0 Å². The van der Waals surface area contributed by atoms with Crippen molar-refractivity contribution in [1.82, 2.24) is 10.6 Å². The van der Waals surface area contributed by atoms with Crippen LogP contribution in [0.5, 0.6) is 0 Å². The smallest absolute Gasteiger partial charge is 0.191 e. The quantitative estimate of drug-likeness (QED) is 0.362. The van der Waals surface area contributed by atoms with Gasteiger partial charge in [-0.1, -0.05) is 12.1 Å². The highest BCUT2D eigenvalue weighted by molar-refractivity contribution is 14.0. The molecular weight excluding hydrogens is 424 g/mol. The van der Waals surface area contributed by atoms with Crippen molar-refractivity contribution in [1.29, 1.82) is 0 Å². The Morgan fingerprint density at radius 3 is 2.54 bits per heavy atom. The minimum Gasteiger partial charge on any atom is -0.466 e. The molecule has 1 unspecified atom stereocenters. The lowest BCUT2D eigenvalue weighted by molar-refractivity contribution is 0.0386. The first-order valence-corrected chi connectivity index (χ1v) is 7.54. The zero-order valence-corrected chi connectivity index (χ0v) is 16.1. The Bertz CT molecular complexity index is 628. The number of aliphatic hydroxyl groups is 1. The fraction of sp³-hybridized carbons (Fsp3) is 0.353. The van der Waals surface area contributed by atoms with Gasteiger partial charge in [0, 0.05) is 6.54 Å². The van der Waals surface area contributed by atoms with E-state index in [9.17, 15) is 9.50 Å². The van der Waals surface area contributed by atoms with Crippen LogP contribution < -0.4 is 10.6 Å². The maximum Gasteiger partial charge on any atom is 0.191 e. The first-order valence-electron chi connectivity index (χ1n) is 7.54. The predicted molar refractivity (Wildman–Crippen MR) is 103 cm³/mol. The van der Waals surface area contributed by atoms with Crippen LogP contribution in [0.4, 0.5) is 4.39 Å². The number of rotatable bonds is 6. The summed E-state index contributed by atoms with van der Waals surface area (Å²) in [6.45, 7) is 4.98. The summed E-state index contributed by atoms with van der Waals surface area (Å²) < 4.78 is 18.1. The molecule has 0 saturated carbocycles. The van der Waals surface area contributed by atoms with E-state index >= 15 is 0 Å². The topological polar surface area (TPSA) is 69.8 Å². The molecular formula is C17H23FIN3O2. The second-order valence-corrected chi connectivity index (χ2v) is 5.43. The highest BCUT2D eigenvalue weighted by Crippen LogP contribution is 2.19. The summed E-state index contributed by atoms with van der Waals surface area (Å²) in [5, 5.41) is 16.6. The average Bonchev–Trinajstić information content (AvgIpc) is 3.07. The fourth-order valence-electron chi connectivity index (χ4n) is 2.03. The summed E-state index contributed by atoms with van der Waals surface area (Å²) >= 11 is 0. The van der Waals surface area contributed by atoms with E-state index in [2.05, 4.69) is 15.6 Å². The Labute approximate surface area is 158 Å². The molecule has 2 aromatic rings. The minimum absolute atomic E-state index is 0. The standard InChI is InChI=1S/C17H22FN3O2.HI/c1-3-19-16(20-11-13-6-8-14(18)9-7-13)21-12-17(2,22)15-5-4-10-23-15;/h4-10,22H,3,11-12H2,1-2H3,(H2,19,20,21);1H. The van der Waals surface area contributed by atoms with E-state index < -0.39 is 5.60 Å². The molecule has 1 aromatic carbocycles. The molecule has 1 aromatic heterocycles. The van der Waals surface area contributed by atoms with E-state index in [1.807, 2.05) is 6.92 Å². The van der Waals surface area contributed by atoms with E-state index in [0.29, 0.717) is 24.8 Å². The van der Waals surface area contributed by atoms with E-state index in [0.717, 1.165) is 5.56 Å². The van der Waals surface area contributed by atoms with Gasteiger partial charge >= 0.3 is 0 Å². The van der Waals surface area contributed by atoms with E-state index in [1.54, 1.807) is 31.2 Å². The zero-order chi connectivity index (χ0) is 16.7. The Morgan fingerprint density at radius 2 is 1.96 bits per heavy atom. The third kappa shape index (κ3) is 6.12. The van der Waals surface area contributed by atoms with Gasteiger partial charge in [0.15, 0.2) is 5.96 Å². The number of nitrogens with one attached hydrogen (secondary N) is 2. The SMILES string of the molecule is CCNC(=NCc1ccc(F)cc1)NCC(C)(O)c1ccco1.I. The van der Waals surface area contributed by atoms with Gasteiger partial charge in [-0.15, -0.1) is 24.0 Å². The summed E-state index contributed by atoms with van der Waals surface area (Å²) in [6, 6.07) is 9.67. The molecule has 1 atom stereocenters. The Kier molecular flexibility index (Phi) is 8.20. The number of benzene rings is 1. The molecule has 0 amide bonds. The van der Waals surface area contributed by atoms with Gasteiger partial charge in [0.25, 0.3) is 0 Å². The van der Waals surface area contributed by atoms with Gasteiger partial charge in [-0.3, -0.25) is 0 Å². The minimum atomic E-state index is -1.14. The van der Waals surface area contributed by atoms with Crippen molar-refractivity contribution in [3.05, 3.63) is 59.8 Å². The summed E-state index contributed by atoms with van der Waals surface area (Å²) in [4.78, 5) is 4.43. The monoisotopic (exact) mass is 447 g/mol. The summed E-state index contributed by atoms with van der Waals surface area (Å²) in [7, 11) is 0. The van der Waals surface area contributed by atoms with Gasteiger partial charge < -0.3 is 20.2 Å². The van der Waals surface area contributed by atoms with Crippen LogP contribution in [0.1, 0.15) is 25.2 Å². The van der Waals surface area contributed by atoms with Crippen molar-refractivity contribution in [3.8, 4) is 0 Å². The first kappa shape index (κ1) is 20.4. The van der Waals surface area contributed by atoms with Crippen molar-refractivity contribution in [3.63, 3.8) is 0 Å². The van der Waals surface area contributed by atoms with Crippen LogP contribution in [0.25, 0.3) is 0 Å². The average molecular weight is 447 g/mol. The second kappa shape index (κ2) is 9.63. The van der Waals surface area contributed by atoms with Gasteiger partial charge in [-0.2, -0.15) is 0 Å². The molecule has 1 heterocycles. The summed E-state index contributed by atoms with van der Waals surface area (Å²) in [6.07, 6.45) is 1.53. The number of guanidine groups is 1. The molecule has 0 spiro atoms. The van der Waals surface area contributed by atoms with Crippen LogP contribution in [0, 0.1) is 5.82 Å². The third-order valence-electron chi connectivity index (χ3n) is 3.33. The molecule has 0 radical (unpaired) electrons. The summed E-state index contributed by atoms with van der Waals surface area (Å²) in [5.74, 6) is 0.792.